The molecule has 0 amide bonds. The molecule has 0 N–H and O–H groups in total. The van der Waals surface area contributed by atoms with Gasteiger partial charge in [0, 0.05) is 27.6 Å². The van der Waals surface area contributed by atoms with E-state index >= 15 is 0 Å². The molecule has 0 bridgehead atoms. The van der Waals surface area contributed by atoms with E-state index in [1.165, 1.54) is 22.3 Å². The lowest BCUT2D eigenvalue weighted by Crippen LogP contribution is -2.29. The Morgan fingerprint density at radius 3 is 1.95 bits per heavy atom. The van der Waals surface area contributed by atoms with Gasteiger partial charge in [0.15, 0.2) is 0 Å². The normalized spacial score (nSPS) is 14.0. The van der Waals surface area contributed by atoms with Crippen molar-refractivity contribution < 1.29 is 18.9 Å². The molecule has 0 fully saturated rings. The third-order valence-electron chi connectivity index (χ3n) is 7.02. The summed E-state index contributed by atoms with van der Waals surface area (Å²) < 4.78 is 25.9. The minimum absolute atomic E-state index is 0.253. The van der Waals surface area contributed by atoms with Crippen molar-refractivity contribution in [3.05, 3.63) is 130 Å². The molecule has 2 aromatic carbocycles. The molecule has 0 spiro atoms. The van der Waals surface area contributed by atoms with Gasteiger partial charge in [-0.15, -0.1) is 0 Å². The van der Waals surface area contributed by atoms with Gasteiger partial charge in [0.05, 0.1) is 13.2 Å². The summed E-state index contributed by atoms with van der Waals surface area (Å²) in [7, 11) is 0. The number of rotatable bonds is 19. The van der Waals surface area contributed by atoms with Crippen LogP contribution in [0.1, 0.15) is 44.2 Å². The molecule has 6 heteroatoms. The second-order valence-electron chi connectivity index (χ2n) is 9.85. The average molecular weight is 699 g/mol. The Morgan fingerprint density at radius 1 is 0.810 bits per heavy atom. The van der Waals surface area contributed by atoms with Gasteiger partial charge < -0.3 is 18.9 Å². The number of allylic oxidation sites excluding steroid dienone is 8. The van der Waals surface area contributed by atoms with Gasteiger partial charge in [0.25, 0.3) is 0 Å². The zero-order valence-corrected chi connectivity index (χ0v) is 27.9. The summed E-state index contributed by atoms with van der Waals surface area (Å²) in [6.07, 6.45) is 17.9. The van der Waals surface area contributed by atoms with Crippen molar-refractivity contribution in [2.24, 2.45) is 0 Å². The molecule has 42 heavy (non-hydrogen) atoms. The number of ether oxygens (including phenoxy) is 4. The van der Waals surface area contributed by atoms with Crippen LogP contribution >= 0.6 is 31.9 Å². The van der Waals surface area contributed by atoms with Crippen molar-refractivity contribution in [3.63, 3.8) is 0 Å². The number of hydrogen-bond donors (Lipinski definition) is 0. The van der Waals surface area contributed by atoms with Gasteiger partial charge in [0.2, 0.25) is 0 Å². The first-order valence-electron chi connectivity index (χ1n) is 14.4. The number of fused-ring (bicyclic) bond motifs is 3. The van der Waals surface area contributed by atoms with Gasteiger partial charge in [-0.2, -0.15) is 0 Å². The maximum Gasteiger partial charge on any atom is 0.119 e. The highest BCUT2D eigenvalue weighted by atomic mass is 79.9. The van der Waals surface area contributed by atoms with Crippen LogP contribution in [-0.2, 0) is 24.4 Å². The van der Waals surface area contributed by atoms with E-state index in [9.17, 15) is 0 Å². The first kappa shape index (κ1) is 33.9. The molecule has 0 aliphatic heterocycles. The lowest BCUT2D eigenvalue weighted by atomic mass is 9.73. The SMILES string of the molecule is C=C/C=C(\C=C/C)OCCOCCC1(CCOCCOC(=C)/C=C\C=C/CC)c2cc(Br)ccc2-c2ccc(Br)cc21. The van der Waals surface area contributed by atoms with Crippen LogP contribution in [0.15, 0.2) is 119 Å². The van der Waals surface area contributed by atoms with Crippen molar-refractivity contribution in [3.8, 4) is 11.1 Å². The molecule has 0 saturated carbocycles. The van der Waals surface area contributed by atoms with Crippen LogP contribution in [0.5, 0.6) is 0 Å². The fourth-order valence-corrected chi connectivity index (χ4v) is 5.83. The quantitative estimate of drug-likeness (QED) is 0.0832. The smallest absolute Gasteiger partial charge is 0.119 e. The van der Waals surface area contributed by atoms with Crippen molar-refractivity contribution in [1.82, 2.24) is 0 Å². The third-order valence-corrected chi connectivity index (χ3v) is 8.01. The molecular formula is C36H42Br2O4. The van der Waals surface area contributed by atoms with Gasteiger partial charge in [-0.3, -0.25) is 0 Å². The van der Waals surface area contributed by atoms with Gasteiger partial charge in [-0.25, -0.2) is 0 Å². The molecular weight excluding hydrogens is 656 g/mol. The lowest BCUT2D eigenvalue weighted by molar-refractivity contribution is 0.0552. The predicted octanol–water partition coefficient (Wildman–Crippen LogP) is 10.0. The molecule has 0 saturated heterocycles. The summed E-state index contributed by atoms with van der Waals surface area (Å²) in [5, 5.41) is 0. The minimum Gasteiger partial charge on any atom is -0.492 e. The van der Waals surface area contributed by atoms with E-state index in [4.69, 9.17) is 18.9 Å². The molecule has 0 heterocycles. The highest BCUT2D eigenvalue weighted by Crippen LogP contribution is 2.54. The second kappa shape index (κ2) is 18.1. The standard InChI is InChI=1S/C36H42Br2O4/c1-5-8-9-10-13-28(4)41-24-22-39-20-18-36(19-21-40-23-25-42-31(11-6-2)12-7-3)34-26-29(37)14-16-32(34)33-17-15-30(38)27-35(33)36/h6-17,26-27H,2,4-5,18-25H2,1,3H3/b9-8-,12-7-,13-10-,31-11+. The van der Waals surface area contributed by atoms with E-state index in [2.05, 4.69) is 94.4 Å². The van der Waals surface area contributed by atoms with Crippen LogP contribution < -0.4 is 0 Å². The van der Waals surface area contributed by atoms with Crippen molar-refractivity contribution >= 4 is 31.9 Å². The van der Waals surface area contributed by atoms with Crippen molar-refractivity contribution in [2.75, 3.05) is 39.6 Å². The van der Waals surface area contributed by atoms with Crippen LogP contribution in [0, 0.1) is 0 Å². The lowest BCUT2D eigenvalue weighted by Gasteiger charge is -2.32. The summed E-state index contributed by atoms with van der Waals surface area (Å²) in [5.41, 5.74) is 4.87. The summed E-state index contributed by atoms with van der Waals surface area (Å²) in [6, 6.07) is 13.1. The van der Waals surface area contributed by atoms with Gasteiger partial charge in [-0.1, -0.05) is 94.5 Å². The van der Waals surface area contributed by atoms with E-state index in [1.54, 1.807) is 6.08 Å². The molecule has 1 aliphatic carbocycles. The maximum atomic E-state index is 6.13. The Labute approximate surface area is 268 Å². The largest absolute Gasteiger partial charge is 0.492 e. The summed E-state index contributed by atoms with van der Waals surface area (Å²) in [6.45, 7) is 14.9. The van der Waals surface area contributed by atoms with E-state index in [1.807, 2.05) is 43.4 Å². The maximum absolute atomic E-state index is 6.13. The van der Waals surface area contributed by atoms with Crippen molar-refractivity contribution in [1.29, 1.82) is 0 Å². The zero-order chi connectivity index (χ0) is 30.2. The molecule has 0 atom stereocenters. The topological polar surface area (TPSA) is 36.9 Å². The van der Waals surface area contributed by atoms with Gasteiger partial charge in [-0.05, 0) is 90.9 Å². The summed E-state index contributed by atoms with van der Waals surface area (Å²) in [4.78, 5) is 0. The summed E-state index contributed by atoms with van der Waals surface area (Å²) >= 11 is 7.44. The molecule has 2 aromatic rings. The van der Waals surface area contributed by atoms with Crippen molar-refractivity contribution in [2.45, 2.75) is 38.5 Å². The molecule has 0 radical (unpaired) electrons. The second-order valence-corrected chi connectivity index (χ2v) is 11.7. The Balaban J connectivity index is 1.67. The number of halogens is 2. The molecule has 0 unspecified atom stereocenters. The van der Waals surface area contributed by atoms with E-state index < -0.39 is 0 Å². The fraction of sp³-hybridized carbons (Fsp3) is 0.333. The van der Waals surface area contributed by atoms with Crippen LogP contribution in [0.25, 0.3) is 11.1 Å². The Bertz CT molecular complexity index is 1250. The van der Waals surface area contributed by atoms with E-state index in [0.29, 0.717) is 45.4 Å². The monoisotopic (exact) mass is 696 g/mol. The summed E-state index contributed by atoms with van der Waals surface area (Å²) in [5.74, 6) is 1.40. The average Bonchev–Trinajstić information content (AvgIpc) is 3.23. The van der Waals surface area contributed by atoms with Crippen LogP contribution in [0.4, 0.5) is 0 Å². The minimum atomic E-state index is -0.253. The van der Waals surface area contributed by atoms with Gasteiger partial charge in [0.1, 0.15) is 24.7 Å². The predicted molar refractivity (Wildman–Crippen MR) is 182 cm³/mol. The molecule has 224 valence electrons. The zero-order valence-electron chi connectivity index (χ0n) is 24.8. The highest BCUT2D eigenvalue weighted by molar-refractivity contribution is 9.10. The fourth-order valence-electron chi connectivity index (χ4n) is 5.11. The van der Waals surface area contributed by atoms with Crippen LogP contribution in [0.3, 0.4) is 0 Å². The van der Waals surface area contributed by atoms with Gasteiger partial charge >= 0.3 is 0 Å². The third kappa shape index (κ3) is 9.70. The van der Waals surface area contributed by atoms with Crippen LogP contribution in [0.2, 0.25) is 0 Å². The number of hydrogen-bond acceptors (Lipinski definition) is 4. The Morgan fingerprint density at radius 2 is 1.40 bits per heavy atom. The van der Waals surface area contributed by atoms with Crippen LogP contribution in [-0.4, -0.2) is 39.6 Å². The number of benzene rings is 2. The molecule has 4 nitrogen and oxygen atoms in total. The molecule has 3 rings (SSSR count). The first-order chi connectivity index (χ1) is 20.4. The highest BCUT2D eigenvalue weighted by Gasteiger charge is 2.43. The Kier molecular flexibility index (Phi) is 14.6. The van der Waals surface area contributed by atoms with E-state index in [0.717, 1.165) is 34.0 Å². The van der Waals surface area contributed by atoms with E-state index in [-0.39, 0.29) is 5.41 Å². The molecule has 0 aromatic heterocycles. The first-order valence-corrected chi connectivity index (χ1v) is 16.0. The molecule has 1 aliphatic rings. The Hall–Kier alpha value is -2.64.